The molecule has 1 saturated heterocycles. The number of aliphatic hydroxyl groups is 1. The van der Waals surface area contributed by atoms with Crippen LogP contribution < -0.4 is 0 Å². The monoisotopic (exact) mass is 438 g/mol. The van der Waals surface area contributed by atoms with Crippen LogP contribution in [0, 0.1) is 22.7 Å². The third-order valence-electron chi connectivity index (χ3n) is 9.46. The first-order valence-electron chi connectivity index (χ1n) is 11.7. The van der Waals surface area contributed by atoms with Crippen molar-refractivity contribution in [2.75, 3.05) is 6.26 Å². The highest BCUT2D eigenvalue weighted by Crippen LogP contribution is 2.70. The quantitative estimate of drug-likeness (QED) is 0.686. The molecular weight excluding hydrogens is 403 g/mol. The van der Waals surface area contributed by atoms with E-state index in [1.165, 1.54) is 0 Å². The second kappa shape index (κ2) is 6.79. The minimum atomic E-state index is -1.76. The zero-order valence-electron chi connectivity index (χ0n) is 18.6. The number of carbonyl (C=O) groups excluding carboxylic acids is 1. The molecule has 1 N–H and O–H groups in total. The van der Waals surface area contributed by atoms with Crippen molar-refractivity contribution < 1.29 is 23.8 Å². The van der Waals surface area contributed by atoms with E-state index in [2.05, 4.69) is 13.2 Å². The second-order valence-corrected chi connectivity index (χ2v) is 11.8. The third-order valence-corrected chi connectivity index (χ3v) is 10.8. The van der Waals surface area contributed by atoms with Crippen molar-refractivity contribution in [2.45, 2.75) is 101 Å². The van der Waals surface area contributed by atoms with Crippen LogP contribution in [0.4, 0.5) is 4.39 Å². The van der Waals surface area contributed by atoms with Crippen LogP contribution in [0.2, 0.25) is 0 Å². The number of ketones is 1. The van der Waals surface area contributed by atoms with Crippen molar-refractivity contribution in [1.29, 1.82) is 0 Å². The lowest BCUT2D eigenvalue weighted by atomic mass is 9.44. The summed E-state index contributed by atoms with van der Waals surface area (Å²) in [6.45, 7) is 6.22. The molecule has 7 atom stereocenters. The molecule has 168 valence electrons. The van der Waals surface area contributed by atoms with E-state index in [4.69, 9.17) is 9.47 Å². The lowest BCUT2D eigenvalue weighted by molar-refractivity contribution is -0.439. The van der Waals surface area contributed by atoms with Crippen LogP contribution in [0.5, 0.6) is 0 Å². The maximum Gasteiger partial charge on any atom is 0.238 e. The molecule has 5 aliphatic rings. The summed E-state index contributed by atoms with van der Waals surface area (Å²) in [4.78, 5) is 12.9. The number of carbonyl (C=O) groups is 1. The molecule has 1 aliphatic heterocycles. The molecule has 4 nitrogen and oxygen atoms in total. The van der Waals surface area contributed by atoms with E-state index in [0.717, 1.165) is 37.7 Å². The summed E-state index contributed by atoms with van der Waals surface area (Å²) in [7, 11) is 0. The summed E-state index contributed by atoms with van der Waals surface area (Å²) in [5, 5.41) is 11.8. The van der Waals surface area contributed by atoms with Crippen LogP contribution in [-0.2, 0) is 14.3 Å². The van der Waals surface area contributed by atoms with Gasteiger partial charge in [-0.25, -0.2) is 4.39 Å². The Morgan fingerprint density at radius 1 is 1.23 bits per heavy atom. The second-order valence-electron chi connectivity index (χ2n) is 10.8. The van der Waals surface area contributed by atoms with Gasteiger partial charge in [0.15, 0.2) is 6.29 Å². The Bertz CT molecular complexity index is 779. The van der Waals surface area contributed by atoms with Crippen LogP contribution in [-0.4, -0.2) is 46.2 Å². The van der Waals surface area contributed by atoms with Crippen LogP contribution >= 0.6 is 11.8 Å². The molecular formula is C24H35FO4S. The van der Waals surface area contributed by atoms with Crippen molar-refractivity contribution in [3.8, 4) is 0 Å². The number of alkyl halides is 1. The van der Waals surface area contributed by atoms with Gasteiger partial charge in [0, 0.05) is 23.0 Å². The number of aliphatic hydroxyl groups excluding tert-OH is 1. The van der Waals surface area contributed by atoms with Gasteiger partial charge < -0.3 is 14.6 Å². The molecule has 4 aliphatic carbocycles. The SMILES string of the molecule is CCCC1OC2(C[C@@]3(C)C(=CC2=O)CC[C@H]2[C@@H]4CC[C@@H](SC)[C@@]4(C)C[C@H](O)[C@@]23F)O1. The van der Waals surface area contributed by atoms with Crippen LogP contribution in [0.3, 0.4) is 0 Å². The maximum atomic E-state index is 17.3. The van der Waals surface area contributed by atoms with Crippen LogP contribution in [0.15, 0.2) is 11.6 Å². The number of ether oxygens (including phenoxy) is 2. The third kappa shape index (κ3) is 2.48. The molecule has 0 aromatic rings. The molecule has 0 radical (unpaired) electrons. The molecule has 1 heterocycles. The predicted octanol–water partition coefficient (Wildman–Crippen LogP) is 4.79. The van der Waals surface area contributed by atoms with Gasteiger partial charge in [-0.3, -0.25) is 4.79 Å². The first-order chi connectivity index (χ1) is 14.1. The molecule has 3 saturated carbocycles. The number of halogens is 1. The van der Waals surface area contributed by atoms with E-state index in [9.17, 15) is 9.90 Å². The molecule has 0 aromatic heterocycles. The molecule has 1 spiro atoms. The first-order valence-corrected chi connectivity index (χ1v) is 12.9. The fourth-order valence-electron chi connectivity index (χ4n) is 7.97. The van der Waals surface area contributed by atoms with E-state index in [-0.39, 0.29) is 35.7 Å². The summed E-state index contributed by atoms with van der Waals surface area (Å²) in [6, 6.07) is 0. The summed E-state index contributed by atoms with van der Waals surface area (Å²) in [5.74, 6) is -1.48. The zero-order chi connectivity index (χ0) is 21.5. The van der Waals surface area contributed by atoms with Crippen LogP contribution in [0.1, 0.15) is 72.1 Å². The number of allylic oxidation sites excluding steroid dienone is 1. The van der Waals surface area contributed by atoms with Crippen molar-refractivity contribution >= 4 is 17.5 Å². The number of thioether (sulfide) groups is 1. The topological polar surface area (TPSA) is 55.8 Å². The van der Waals surface area contributed by atoms with Gasteiger partial charge in [-0.2, -0.15) is 11.8 Å². The van der Waals surface area contributed by atoms with Gasteiger partial charge in [-0.05, 0) is 62.2 Å². The number of hydrogen-bond donors (Lipinski definition) is 1. The summed E-state index contributed by atoms with van der Waals surface area (Å²) in [5.41, 5.74) is -1.90. The van der Waals surface area contributed by atoms with Crippen molar-refractivity contribution in [3.05, 3.63) is 11.6 Å². The molecule has 0 aromatic carbocycles. The normalized spacial score (nSPS) is 54.8. The molecule has 0 amide bonds. The molecule has 0 unspecified atom stereocenters. The minimum Gasteiger partial charge on any atom is -0.390 e. The van der Waals surface area contributed by atoms with Gasteiger partial charge in [-0.1, -0.05) is 32.8 Å². The summed E-state index contributed by atoms with van der Waals surface area (Å²) < 4.78 is 29.3. The average Bonchev–Trinajstić information content (AvgIpc) is 2.99. The standard InChI is InChI=1S/C24H35FO4S/c1-5-6-20-28-23(29-20)13-22(3)14(11-17(23)26)7-8-16-15-9-10-19(30-4)21(15,2)12-18(27)24(16,22)25/h11,15-16,18-20,27H,5-10,12-13H2,1-4H3/t15-,16-,18-,19+,20?,21-,22-,23?,24-/m0/s1. The fraction of sp³-hybridized carbons (Fsp3) is 0.875. The van der Waals surface area contributed by atoms with Gasteiger partial charge >= 0.3 is 0 Å². The predicted molar refractivity (Wildman–Crippen MR) is 115 cm³/mol. The fourth-order valence-corrected chi connectivity index (χ4v) is 9.16. The summed E-state index contributed by atoms with van der Waals surface area (Å²) in [6.07, 6.45) is 8.12. The van der Waals surface area contributed by atoms with Crippen molar-refractivity contribution in [3.63, 3.8) is 0 Å². The Kier molecular flexibility index (Phi) is 4.84. The van der Waals surface area contributed by atoms with Crippen LogP contribution in [0.25, 0.3) is 0 Å². The van der Waals surface area contributed by atoms with E-state index in [1.54, 1.807) is 6.08 Å². The summed E-state index contributed by atoms with van der Waals surface area (Å²) >= 11 is 1.87. The van der Waals surface area contributed by atoms with Gasteiger partial charge in [0.05, 0.1) is 6.10 Å². The lowest BCUT2D eigenvalue weighted by Crippen LogP contribution is -2.71. The highest BCUT2D eigenvalue weighted by atomic mass is 32.2. The van der Waals surface area contributed by atoms with Gasteiger partial charge in [0.2, 0.25) is 11.6 Å². The van der Waals surface area contributed by atoms with Gasteiger partial charge in [-0.15, -0.1) is 0 Å². The van der Waals surface area contributed by atoms with E-state index >= 15 is 4.39 Å². The molecule has 0 bridgehead atoms. The average molecular weight is 439 g/mol. The minimum absolute atomic E-state index is 0.0332. The maximum absolute atomic E-state index is 17.3. The molecule has 5 rings (SSSR count). The smallest absolute Gasteiger partial charge is 0.238 e. The Balaban J connectivity index is 1.52. The number of hydrogen-bond acceptors (Lipinski definition) is 5. The molecule has 4 fully saturated rings. The highest BCUT2D eigenvalue weighted by Gasteiger charge is 2.74. The Morgan fingerprint density at radius 2 is 1.97 bits per heavy atom. The van der Waals surface area contributed by atoms with E-state index < -0.39 is 23.0 Å². The molecule has 30 heavy (non-hydrogen) atoms. The lowest BCUT2D eigenvalue weighted by Gasteiger charge is -2.65. The number of rotatable bonds is 3. The first kappa shape index (κ1) is 21.4. The highest BCUT2D eigenvalue weighted by molar-refractivity contribution is 7.99. The Hall–Kier alpha value is -0.430. The van der Waals surface area contributed by atoms with Gasteiger partial charge in [0.1, 0.15) is 5.67 Å². The Labute approximate surface area is 183 Å². The zero-order valence-corrected chi connectivity index (χ0v) is 19.4. The van der Waals surface area contributed by atoms with E-state index in [1.807, 2.05) is 25.6 Å². The van der Waals surface area contributed by atoms with Crippen molar-refractivity contribution in [1.82, 2.24) is 0 Å². The largest absolute Gasteiger partial charge is 0.390 e. The number of fused-ring (bicyclic) bond motifs is 5. The molecule has 6 heteroatoms. The van der Waals surface area contributed by atoms with Gasteiger partial charge in [0.25, 0.3) is 0 Å². The van der Waals surface area contributed by atoms with Crippen molar-refractivity contribution in [2.24, 2.45) is 22.7 Å². The van der Waals surface area contributed by atoms with E-state index in [0.29, 0.717) is 18.1 Å². The Morgan fingerprint density at radius 3 is 2.63 bits per heavy atom.